The number of nitrogens with one attached hydrogen (secondary N) is 2. The van der Waals surface area contributed by atoms with Crippen LogP contribution in [0.2, 0.25) is 0 Å². The summed E-state index contributed by atoms with van der Waals surface area (Å²) in [6.07, 6.45) is 0.289. The van der Waals surface area contributed by atoms with Crippen LogP contribution in [0.5, 0.6) is 0 Å². The molecule has 0 radical (unpaired) electrons. The summed E-state index contributed by atoms with van der Waals surface area (Å²) >= 11 is 0. The number of nitrogens with zero attached hydrogens (tertiary/aromatic N) is 1. The second kappa shape index (κ2) is 8.67. The molecule has 1 aliphatic rings. The third-order valence-corrected chi connectivity index (χ3v) is 5.72. The molecule has 3 aromatic rings. The summed E-state index contributed by atoms with van der Waals surface area (Å²) in [5.41, 5.74) is 2.90. The van der Waals surface area contributed by atoms with Gasteiger partial charge >= 0.3 is 6.03 Å². The Morgan fingerprint density at radius 1 is 0.938 bits per heavy atom. The Morgan fingerprint density at radius 3 is 2.28 bits per heavy atom. The molecule has 0 bridgehead atoms. The fraction of sp³-hybridized carbons (Fsp3) is 0.192. The molecular weight excluding hydrogens is 402 g/mol. The van der Waals surface area contributed by atoms with E-state index >= 15 is 0 Å². The molecule has 1 unspecified atom stereocenters. The highest BCUT2D eigenvalue weighted by molar-refractivity contribution is 6.10. The van der Waals surface area contributed by atoms with Gasteiger partial charge in [0.05, 0.1) is 0 Å². The van der Waals surface area contributed by atoms with Crippen LogP contribution < -0.4 is 10.6 Å². The minimum atomic E-state index is -1.26. The van der Waals surface area contributed by atoms with E-state index in [2.05, 4.69) is 10.6 Å². The molecule has 0 aromatic heterocycles. The lowest BCUT2D eigenvalue weighted by Crippen LogP contribution is -2.46. The van der Waals surface area contributed by atoms with Gasteiger partial charge < -0.3 is 10.6 Å². The summed E-state index contributed by atoms with van der Waals surface area (Å²) in [6.45, 7) is 3.47. The number of imide groups is 1. The Bertz CT molecular complexity index is 1160. The minimum Gasteiger partial charge on any atom is -0.324 e. The molecule has 1 aliphatic heterocycles. The number of hydrogen-bond acceptors (Lipinski definition) is 3. The van der Waals surface area contributed by atoms with Gasteiger partial charge in [-0.2, -0.15) is 0 Å². The molecule has 1 fully saturated rings. The average molecular weight is 428 g/mol. The predicted molar refractivity (Wildman–Crippen MR) is 123 cm³/mol. The number of amides is 4. The zero-order valence-corrected chi connectivity index (χ0v) is 18.1. The molecule has 162 valence electrons. The highest BCUT2D eigenvalue weighted by Crippen LogP contribution is 2.33. The van der Waals surface area contributed by atoms with Gasteiger partial charge in [0.2, 0.25) is 5.91 Å². The van der Waals surface area contributed by atoms with E-state index in [9.17, 15) is 14.4 Å². The van der Waals surface area contributed by atoms with E-state index in [-0.39, 0.29) is 13.0 Å². The van der Waals surface area contributed by atoms with Crippen LogP contribution in [0.25, 0.3) is 0 Å². The van der Waals surface area contributed by atoms with Gasteiger partial charge in [-0.15, -0.1) is 0 Å². The topological polar surface area (TPSA) is 78.5 Å². The first-order valence-corrected chi connectivity index (χ1v) is 10.5. The standard InChI is InChI=1S/C26H25N3O3/c1-18-13-14-19(2)22(15-18)27-23(30)17-29-24(31)26(28-25(29)32,21-11-7-4-8-12-21)16-20-9-5-3-6-10-20/h3-15H,16-17H2,1-2H3,(H,27,30)(H,28,32). The van der Waals surface area contributed by atoms with Crippen molar-refractivity contribution in [3.05, 3.63) is 101 Å². The van der Waals surface area contributed by atoms with Crippen LogP contribution in [0.4, 0.5) is 10.5 Å². The molecular formula is C26H25N3O3. The molecule has 3 aromatic carbocycles. The summed E-state index contributed by atoms with van der Waals surface area (Å²) in [5.74, 6) is -0.862. The lowest BCUT2D eigenvalue weighted by atomic mass is 9.83. The van der Waals surface area contributed by atoms with Crippen LogP contribution in [0.1, 0.15) is 22.3 Å². The lowest BCUT2D eigenvalue weighted by molar-refractivity contribution is -0.134. The van der Waals surface area contributed by atoms with Gasteiger partial charge in [-0.05, 0) is 42.2 Å². The Balaban J connectivity index is 1.61. The van der Waals surface area contributed by atoms with Crippen LogP contribution in [-0.2, 0) is 21.5 Å². The van der Waals surface area contributed by atoms with Crippen molar-refractivity contribution in [3.8, 4) is 0 Å². The van der Waals surface area contributed by atoms with Gasteiger partial charge in [0, 0.05) is 12.1 Å². The minimum absolute atomic E-state index is 0.289. The number of hydrogen-bond donors (Lipinski definition) is 2. The quantitative estimate of drug-likeness (QED) is 0.585. The third kappa shape index (κ3) is 4.12. The predicted octanol–water partition coefficient (Wildman–Crippen LogP) is 3.93. The Morgan fingerprint density at radius 2 is 1.59 bits per heavy atom. The molecule has 1 atom stereocenters. The summed E-state index contributed by atoms with van der Waals surface area (Å²) in [6, 6.07) is 23.8. The van der Waals surface area contributed by atoms with Crippen molar-refractivity contribution < 1.29 is 14.4 Å². The summed E-state index contributed by atoms with van der Waals surface area (Å²) in [4.78, 5) is 40.2. The van der Waals surface area contributed by atoms with E-state index in [1.807, 2.05) is 92.7 Å². The third-order valence-electron chi connectivity index (χ3n) is 5.72. The Hall–Kier alpha value is -3.93. The maximum atomic E-state index is 13.6. The fourth-order valence-corrected chi connectivity index (χ4v) is 4.02. The van der Waals surface area contributed by atoms with Crippen LogP contribution in [-0.4, -0.2) is 29.3 Å². The van der Waals surface area contributed by atoms with Crippen molar-refractivity contribution >= 4 is 23.5 Å². The smallest absolute Gasteiger partial charge is 0.324 e. The van der Waals surface area contributed by atoms with Crippen molar-refractivity contribution in [2.24, 2.45) is 0 Å². The molecule has 0 saturated carbocycles. The lowest BCUT2D eigenvalue weighted by Gasteiger charge is -2.27. The normalized spacial score (nSPS) is 17.9. The average Bonchev–Trinajstić information content (AvgIpc) is 3.02. The van der Waals surface area contributed by atoms with Gasteiger partial charge in [-0.1, -0.05) is 72.8 Å². The van der Waals surface area contributed by atoms with E-state index in [4.69, 9.17) is 0 Å². The van der Waals surface area contributed by atoms with Crippen LogP contribution in [0.3, 0.4) is 0 Å². The molecule has 1 saturated heterocycles. The largest absolute Gasteiger partial charge is 0.325 e. The highest BCUT2D eigenvalue weighted by atomic mass is 16.2. The van der Waals surface area contributed by atoms with Crippen molar-refractivity contribution in [2.45, 2.75) is 25.8 Å². The summed E-state index contributed by atoms with van der Waals surface area (Å²) < 4.78 is 0. The van der Waals surface area contributed by atoms with E-state index in [0.29, 0.717) is 11.3 Å². The number of rotatable bonds is 6. The number of aryl methyl sites for hydroxylation is 2. The molecule has 6 nitrogen and oxygen atoms in total. The Kier molecular flexibility index (Phi) is 5.77. The summed E-state index contributed by atoms with van der Waals surface area (Å²) in [7, 11) is 0. The van der Waals surface area contributed by atoms with Crippen LogP contribution in [0, 0.1) is 13.8 Å². The molecule has 1 heterocycles. The van der Waals surface area contributed by atoms with Crippen molar-refractivity contribution in [1.29, 1.82) is 0 Å². The zero-order chi connectivity index (χ0) is 22.7. The van der Waals surface area contributed by atoms with E-state index in [1.54, 1.807) is 0 Å². The van der Waals surface area contributed by atoms with Gasteiger partial charge in [0.15, 0.2) is 5.54 Å². The number of urea groups is 1. The number of carbonyl (C=O) groups excluding carboxylic acids is 3. The van der Waals surface area contributed by atoms with Gasteiger partial charge in [-0.3, -0.25) is 14.5 Å². The van der Waals surface area contributed by atoms with Crippen molar-refractivity contribution in [1.82, 2.24) is 10.2 Å². The molecule has 0 aliphatic carbocycles. The zero-order valence-electron chi connectivity index (χ0n) is 18.1. The fourth-order valence-electron chi connectivity index (χ4n) is 4.02. The van der Waals surface area contributed by atoms with Gasteiger partial charge in [0.1, 0.15) is 6.54 Å². The van der Waals surface area contributed by atoms with Gasteiger partial charge in [0.25, 0.3) is 5.91 Å². The first-order chi connectivity index (χ1) is 15.4. The number of benzene rings is 3. The van der Waals surface area contributed by atoms with Crippen molar-refractivity contribution in [2.75, 3.05) is 11.9 Å². The van der Waals surface area contributed by atoms with Crippen LogP contribution in [0.15, 0.2) is 78.9 Å². The highest BCUT2D eigenvalue weighted by Gasteiger charge is 2.52. The first kappa shape index (κ1) is 21.3. The SMILES string of the molecule is Cc1ccc(C)c(NC(=O)CN2C(=O)NC(Cc3ccccc3)(c3ccccc3)C2=O)c1. The molecule has 4 rings (SSSR count). The van der Waals surface area contributed by atoms with E-state index in [0.717, 1.165) is 21.6 Å². The van der Waals surface area contributed by atoms with E-state index in [1.165, 1.54) is 0 Å². The molecule has 2 N–H and O–H groups in total. The van der Waals surface area contributed by atoms with Crippen molar-refractivity contribution in [3.63, 3.8) is 0 Å². The van der Waals surface area contributed by atoms with Crippen LogP contribution >= 0.6 is 0 Å². The summed E-state index contributed by atoms with van der Waals surface area (Å²) in [5, 5.41) is 5.70. The second-order valence-electron chi connectivity index (χ2n) is 8.12. The molecule has 32 heavy (non-hydrogen) atoms. The maximum Gasteiger partial charge on any atom is 0.325 e. The second-order valence-corrected chi connectivity index (χ2v) is 8.12. The monoisotopic (exact) mass is 427 g/mol. The number of anilines is 1. The first-order valence-electron chi connectivity index (χ1n) is 10.5. The molecule has 6 heteroatoms. The molecule has 0 spiro atoms. The molecule has 4 amide bonds. The van der Waals surface area contributed by atoms with Gasteiger partial charge in [-0.25, -0.2) is 4.79 Å². The number of carbonyl (C=O) groups is 3. The Labute approximate surface area is 187 Å². The van der Waals surface area contributed by atoms with E-state index < -0.39 is 23.4 Å². The maximum absolute atomic E-state index is 13.6.